The summed E-state index contributed by atoms with van der Waals surface area (Å²) in [5.41, 5.74) is 4.32. The van der Waals surface area contributed by atoms with E-state index in [1.807, 2.05) is 6.20 Å². The number of nitrogens with zero attached hydrogens (tertiary/aromatic N) is 2. The van der Waals surface area contributed by atoms with Crippen LogP contribution in [0.2, 0.25) is 0 Å². The molecule has 1 N–H and O–H groups in total. The van der Waals surface area contributed by atoms with Crippen molar-refractivity contribution in [3.05, 3.63) is 23.5 Å². The maximum Gasteiger partial charge on any atom is 0.0445 e. The van der Waals surface area contributed by atoms with Crippen molar-refractivity contribution in [1.82, 2.24) is 10.3 Å². The molecule has 0 aromatic carbocycles. The van der Waals surface area contributed by atoms with E-state index in [9.17, 15) is 0 Å². The third-order valence-electron chi connectivity index (χ3n) is 3.93. The maximum atomic E-state index is 4.48. The zero-order valence-corrected chi connectivity index (χ0v) is 13.9. The van der Waals surface area contributed by atoms with Crippen molar-refractivity contribution in [2.75, 3.05) is 18.0 Å². The standard InChI is InChI=1S/C17H29N3/c1-13-9-15(20-8-7-17(5,6)12-20)14(10-18-13)11-19-16(2,3)4/h9-10,19H,7-8,11-12H2,1-6H3. The minimum atomic E-state index is 0.131. The number of aryl methyl sites for hydroxylation is 1. The predicted molar refractivity (Wildman–Crippen MR) is 86.2 cm³/mol. The zero-order chi connectivity index (χ0) is 15.0. The number of pyridine rings is 1. The van der Waals surface area contributed by atoms with Crippen LogP contribution < -0.4 is 10.2 Å². The highest BCUT2D eigenvalue weighted by Gasteiger charge is 2.30. The van der Waals surface area contributed by atoms with E-state index in [1.54, 1.807) is 0 Å². The Balaban J connectivity index is 2.20. The molecule has 1 fully saturated rings. The lowest BCUT2D eigenvalue weighted by Gasteiger charge is -2.26. The lowest BCUT2D eigenvalue weighted by molar-refractivity contribution is 0.417. The third-order valence-corrected chi connectivity index (χ3v) is 3.93. The van der Waals surface area contributed by atoms with Gasteiger partial charge >= 0.3 is 0 Å². The molecule has 3 nitrogen and oxygen atoms in total. The normalized spacial score (nSPS) is 18.6. The van der Waals surface area contributed by atoms with E-state index in [2.05, 4.69) is 62.8 Å². The van der Waals surface area contributed by atoms with Gasteiger partial charge in [0.15, 0.2) is 0 Å². The Hall–Kier alpha value is -1.09. The number of nitrogens with one attached hydrogen (secondary N) is 1. The van der Waals surface area contributed by atoms with Crippen LogP contribution in [0.15, 0.2) is 12.3 Å². The molecule has 1 aromatic heterocycles. The van der Waals surface area contributed by atoms with Gasteiger partial charge in [0, 0.05) is 48.3 Å². The lowest BCUT2D eigenvalue weighted by atomic mass is 9.93. The summed E-state index contributed by atoms with van der Waals surface area (Å²) in [5, 5.41) is 3.58. The van der Waals surface area contributed by atoms with Gasteiger partial charge < -0.3 is 10.2 Å². The quantitative estimate of drug-likeness (QED) is 0.915. The highest BCUT2D eigenvalue weighted by molar-refractivity contribution is 5.54. The van der Waals surface area contributed by atoms with Gasteiger partial charge in [0.1, 0.15) is 0 Å². The summed E-state index contributed by atoms with van der Waals surface area (Å²) >= 11 is 0. The van der Waals surface area contributed by atoms with Gasteiger partial charge in [-0.25, -0.2) is 0 Å². The first-order chi connectivity index (χ1) is 9.16. The summed E-state index contributed by atoms with van der Waals surface area (Å²) in [7, 11) is 0. The fourth-order valence-corrected chi connectivity index (χ4v) is 2.68. The zero-order valence-electron chi connectivity index (χ0n) is 13.9. The van der Waals surface area contributed by atoms with Crippen LogP contribution in [-0.2, 0) is 6.54 Å². The average Bonchev–Trinajstić information content (AvgIpc) is 2.67. The van der Waals surface area contributed by atoms with E-state index in [0.29, 0.717) is 5.41 Å². The molecule has 1 aromatic rings. The summed E-state index contributed by atoms with van der Waals surface area (Å²) in [5.74, 6) is 0. The van der Waals surface area contributed by atoms with Gasteiger partial charge in [0.05, 0.1) is 0 Å². The van der Waals surface area contributed by atoms with Crippen LogP contribution in [0.3, 0.4) is 0 Å². The molecule has 112 valence electrons. The van der Waals surface area contributed by atoms with Crippen LogP contribution in [0.4, 0.5) is 5.69 Å². The van der Waals surface area contributed by atoms with Crippen LogP contribution in [0.5, 0.6) is 0 Å². The highest BCUT2D eigenvalue weighted by Crippen LogP contribution is 2.34. The van der Waals surface area contributed by atoms with Crippen LogP contribution in [-0.4, -0.2) is 23.6 Å². The second kappa shape index (κ2) is 5.36. The lowest BCUT2D eigenvalue weighted by Crippen LogP contribution is -2.35. The molecule has 1 saturated heterocycles. The van der Waals surface area contributed by atoms with Crippen molar-refractivity contribution >= 4 is 5.69 Å². The SMILES string of the molecule is Cc1cc(N2CCC(C)(C)C2)c(CNC(C)(C)C)cn1. The molecular formula is C17H29N3. The third kappa shape index (κ3) is 3.95. The van der Waals surface area contributed by atoms with Gasteiger partial charge in [0.25, 0.3) is 0 Å². The van der Waals surface area contributed by atoms with Crippen molar-refractivity contribution < 1.29 is 0 Å². The first kappa shape index (κ1) is 15.3. The van der Waals surface area contributed by atoms with E-state index in [1.165, 1.54) is 17.7 Å². The van der Waals surface area contributed by atoms with Crippen molar-refractivity contribution in [2.45, 2.75) is 60.0 Å². The van der Waals surface area contributed by atoms with Crippen LogP contribution >= 0.6 is 0 Å². The van der Waals surface area contributed by atoms with Crippen molar-refractivity contribution in [3.8, 4) is 0 Å². The minimum absolute atomic E-state index is 0.131. The highest BCUT2D eigenvalue weighted by atomic mass is 15.2. The summed E-state index contributed by atoms with van der Waals surface area (Å²) in [6, 6.07) is 2.24. The van der Waals surface area contributed by atoms with E-state index in [0.717, 1.165) is 25.3 Å². The molecule has 0 bridgehead atoms. The molecule has 3 heteroatoms. The Labute approximate surface area is 123 Å². The topological polar surface area (TPSA) is 28.2 Å². The van der Waals surface area contributed by atoms with Crippen molar-refractivity contribution in [1.29, 1.82) is 0 Å². The van der Waals surface area contributed by atoms with Gasteiger partial charge in [-0.2, -0.15) is 0 Å². The number of hydrogen-bond acceptors (Lipinski definition) is 3. The number of rotatable bonds is 3. The Kier molecular flexibility index (Phi) is 4.10. The fourth-order valence-electron chi connectivity index (χ4n) is 2.68. The second-order valence-corrected chi connectivity index (χ2v) is 7.89. The largest absolute Gasteiger partial charge is 0.371 e. The molecule has 0 radical (unpaired) electrons. The van der Waals surface area contributed by atoms with Crippen LogP contribution in [0.1, 0.15) is 52.3 Å². The first-order valence-electron chi connectivity index (χ1n) is 7.62. The Morgan fingerprint density at radius 3 is 2.60 bits per heavy atom. The van der Waals surface area contributed by atoms with Crippen molar-refractivity contribution in [3.63, 3.8) is 0 Å². The molecule has 1 aliphatic rings. The first-order valence-corrected chi connectivity index (χ1v) is 7.62. The molecule has 0 atom stereocenters. The molecule has 0 amide bonds. The van der Waals surface area contributed by atoms with Gasteiger partial charge in [-0.3, -0.25) is 4.98 Å². The van der Waals surface area contributed by atoms with E-state index >= 15 is 0 Å². The molecule has 0 spiro atoms. The Bertz CT molecular complexity index is 472. The molecule has 0 saturated carbocycles. The van der Waals surface area contributed by atoms with Gasteiger partial charge in [-0.15, -0.1) is 0 Å². The van der Waals surface area contributed by atoms with E-state index < -0.39 is 0 Å². The Morgan fingerprint density at radius 2 is 2.05 bits per heavy atom. The Morgan fingerprint density at radius 1 is 1.35 bits per heavy atom. The monoisotopic (exact) mass is 275 g/mol. The molecule has 0 unspecified atom stereocenters. The average molecular weight is 275 g/mol. The van der Waals surface area contributed by atoms with Crippen LogP contribution in [0.25, 0.3) is 0 Å². The predicted octanol–water partition coefficient (Wildman–Crippen LogP) is 3.51. The van der Waals surface area contributed by atoms with Gasteiger partial charge in [0.2, 0.25) is 0 Å². The minimum Gasteiger partial charge on any atom is -0.371 e. The molecule has 1 aliphatic heterocycles. The summed E-state index contributed by atoms with van der Waals surface area (Å²) in [4.78, 5) is 7.00. The van der Waals surface area contributed by atoms with Crippen LogP contribution in [0, 0.1) is 12.3 Å². The number of aromatic nitrogens is 1. The van der Waals surface area contributed by atoms with Crippen molar-refractivity contribution in [2.24, 2.45) is 5.41 Å². The second-order valence-electron chi connectivity index (χ2n) is 7.89. The maximum absolute atomic E-state index is 4.48. The van der Waals surface area contributed by atoms with E-state index in [-0.39, 0.29) is 5.54 Å². The number of anilines is 1. The molecule has 2 rings (SSSR count). The summed E-state index contributed by atoms with van der Waals surface area (Å²) < 4.78 is 0. The smallest absolute Gasteiger partial charge is 0.0445 e. The molecular weight excluding hydrogens is 246 g/mol. The van der Waals surface area contributed by atoms with Gasteiger partial charge in [-0.1, -0.05) is 13.8 Å². The number of hydrogen-bond donors (Lipinski definition) is 1. The molecule has 20 heavy (non-hydrogen) atoms. The fraction of sp³-hybridized carbons (Fsp3) is 0.706. The molecule has 0 aliphatic carbocycles. The molecule has 2 heterocycles. The van der Waals surface area contributed by atoms with E-state index in [4.69, 9.17) is 0 Å². The summed E-state index contributed by atoms with van der Waals surface area (Å²) in [6.45, 7) is 16.6. The van der Waals surface area contributed by atoms with Gasteiger partial charge in [-0.05, 0) is 45.6 Å². The summed E-state index contributed by atoms with van der Waals surface area (Å²) in [6.07, 6.45) is 3.30.